The molecule has 0 unspecified atom stereocenters. The van der Waals surface area contributed by atoms with Gasteiger partial charge in [-0.2, -0.15) is 0 Å². The molecule has 0 saturated heterocycles. The molecule has 4 heteroatoms. The van der Waals surface area contributed by atoms with Crippen molar-refractivity contribution in [2.75, 3.05) is 14.2 Å². The number of aromatic nitrogens is 1. The smallest absolute Gasteiger partial charge is 0.254 e. The van der Waals surface area contributed by atoms with Gasteiger partial charge in [0.15, 0.2) is 0 Å². The van der Waals surface area contributed by atoms with Crippen LogP contribution in [0.15, 0.2) is 29.1 Å². The maximum Gasteiger partial charge on any atom is 0.254 e. The number of fused-ring (bicyclic) bond motifs is 3. The zero-order chi connectivity index (χ0) is 14.3. The maximum atomic E-state index is 12.2. The van der Waals surface area contributed by atoms with Gasteiger partial charge >= 0.3 is 0 Å². The molecular weight excluding hydrogens is 254 g/mol. The Morgan fingerprint density at radius 2 is 1.95 bits per heavy atom. The van der Waals surface area contributed by atoms with E-state index in [1.54, 1.807) is 20.3 Å². The predicted molar refractivity (Wildman–Crippen MR) is 77.7 cm³/mol. The van der Waals surface area contributed by atoms with E-state index in [2.05, 4.69) is 0 Å². The second kappa shape index (κ2) is 4.71. The molecule has 104 valence electrons. The van der Waals surface area contributed by atoms with Gasteiger partial charge in [-0.3, -0.25) is 4.79 Å². The van der Waals surface area contributed by atoms with Crippen molar-refractivity contribution >= 4 is 0 Å². The standard InChI is InChI=1S/C16H17NO3/c1-10-14(20-3)9-15(18)17-7-6-11-8-12(19-2)4-5-13(11)16(10)17/h4-5,8-9H,6-7H2,1-3H3. The molecule has 2 aromatic rings. The van der Waals surface area contributed by atoms with Crippen LogP contribution in [-0.4, -0.2) is 18.8 Å². The molecule has 4 nitrogen and oxygen atoms in total. The highest BCUT2D eigenvalue weighted by Gasteiger charge is 2.21. The molecule has 20 heavy (non-hydrogen) atoms. The molecule has 0 radical (unpaired) electrons. The van der Waals surface area contributed by atoms with Crippen LogP contribution >= 0.6 is 0 Å². The summed E-state index contributed by atoms with van der Waals surface area (Å²) in [6, 6.07) is 7.55. The maximum absolute atomic E-state index is 12.2. The largest absolute Gasteiger partial charge is 0.497 e. The van der Waals surface area contributed by atoms with Gasteiger partial charge in [0.05, 0.1) is 19.9 Å². The SMILES string of the molecule is COc1ccc2c(c1)CCn1c-2c(C)c(OC)cc1=O. The average molecular weight is 271 g/mol. The minimum atomic E-state index is -0.0103. The molecule has 0 aliphatic carbocycles. The number of benzene rings is 1. The fourth-order valence-corrected chi connectivity index (χ4v) is 2.88. The van der Waals surface area contributed by atoms with Crippen molar-refractivity contribution in [3.8, 4) is 22.8 Å². The van der Waals surface area contributed by atoms with Crippen molar-refractivity contribution in [2.24, 2.45) is 0 Å². The third-order valence-corrected chi connectivity index (χ3v) is 3.91. The van der Waals surface area contributed by atoms with Gasteiger partial charge in [0.1, 0.15) is 11.5 Å². The molecule has 1 aliphatic heterocycles. The summed E-state index contributed by atoms with van der Waals surface area (Å²) in [4.78, 5) is 12.2. The van der Waals surface area contributed by atoms with Crippen molar-refractivity contribution in [1.82, 2.24) is 4.57 Å². The molecule has 1 aromatic carbocycles. The molecule has 0 spiro atoms. The summed E-state index contributed by atoms with van der Waals surface area (Å²) in [6.45, 7) is 2.68. The lowest BCUT2D eigenvalue weighted by atomic mass is 9.94. The zero-order valence-corrected chi connectivity index (χ0v) is 11.9. The first-order valence-electron chi connectivity index (χ1n) is 6.61. The minimum Gasteiger partial charge on any atom is -0.497 e. The lowest BCUT2D eigenvalue weighted by Crippen LogP contribution is -2.26. The summed E-state index contributed by atoms with van der Waals surface area (Å²) >= 11 is 0. The van der Waals surface area contributed by atoms with Crippen LogP contribution in [0.2, 0.25) is 0 Å². The van der Waals surface area contributed by atoms with Gasteiger partial charge in [-0.15, -0.1) is 0 Å². The van der Waals surface area contributed by atoms with Gasteiger partial charge in [0, 0.05) is 23.7 Å². The van der Waals surface area contributed by atoms with E-state index in [9.17, 15) is 4.79 Å². The van der Waals surface area contributed by atoms with E-state index in [-0.39, 0.29) is 5.56 Å². The predicted octanol–water partition coefficient (Wildman–Crippen LogP) is 2.40. The second-order valence-corrected chi connectivity index (χ2v) is 4.95. The second-order valence-electron chi connectivity index (χ2n) is 4.95. The van der Waals surface area contributed by atoms with Crippen molar-refractivity contribution < 1.29 is 9.47 Å². The molecule has 0 bridgehead atoms. The number of pyridine rings is 1. The van der Waals surface area contributed by atoms with Crippen LogP contribution in [0.3, 0.4) is 0 Å². The molecule has 2 heterocycles. The van der Waals surface area contributed by atoms with E-state index in [1.807, 2.05) is 29.7 Å². The first-order valence-corrected chi connectivity index (χ1v) is 6.61. The van der Waals surface area contributed by atoms with E-state index in [4.69, 9.17) is 9.47 Å². The van der Waals surface area contributed by atoms with E-state index in [0.717, 1.165) is 29.0 Å². The average Bonchev–Trinajstić information content (AvgIpc) is 2.49. The number of aryl methyl sites for hydroxylation is 1. The molecule has 3 rings (SSSR count). The Morgan fingerprint density at radius 1 is 1.15 bits per heavy atom. The fourth-order valence-electron chi connectivity index (χ4n) is 2.88. The highest BCUT2D eigenvalue weighted by Crippen LogP contribution is 2.35. The van der Waals surface area contributed by atoms with Crippen LogP contribution < -0.4 is 15.0 Å². The molecule has 1 aliphatic rings. The van der Waals surface area contributed by atoms with Crippen molar-refractivity contribution in [3.05, 3.63) is 45.7 Å². The first kappa shape index (κ1) is 12.8. The lowest BCUT2D eigenvalue weighted by molar-refractivity contribution is 0.408. The fraction of sp³-hybridized carbons (Fsp3) is 0.312. The van der Waals surface area contributed by atoms with E-state index < -0.39 is 0 Å². The third kappa shape index (κ3) is 1.80. The van der Waals surface area contributed by atoms with E-state index >= 15 is 0 Å². The van der Waals surface area contributed by atoms with Crippen LogP contribution in [0.25, 0.3) is 11.3 Å². The van der Waals surface area contributed by atoms with Gasteiger partial charge in [-0.05, 0) is 37.1 Å². The number of hydrogen-bond donors (Lipinski definition) is 0. The Morgan fingerprint density at radius 3 is 2.65 bits per heavy atom. The monoisotopic (exact) mass is 271 g/mol. The normalized spacial score (nSPS) is 12.6. The highest BCUT2D eigenvalue weighted by molar-refractivity contribution is 5.71. The summed E-state index contributed by atoms with van der Waals surface area (Å²) in [7, 11) is 3.26. The molecule has 0 fully saturated rings. The zero-order valence-electron chi connectivity index (χ0n) is 11.9. The summed E-state index contributed by atoms with van der Waals surface area (Å²) < 4.78 is 12.4. The van der Waals surface area contributed by atoms with Gasteiger partial charge in [-0.25, -0.2) is 0 Å². The number of methoxy groups -OCH3 is 2. The van der Waals surface area contributed by atoms with Crippen LogP contribution in [0.5, 0.6) is 11.5 Å². The molecule has 0 atom stereocenters. The molecule has 0 amide bonds. The lowest BCUT2D eigenvalue weighted by Gasteiger charge is -2.24. The van der Waals surface area contributed by atoms with Gasteiger partial charge in [0.25, 0.3) is 5.56 Å². The summed E-state index contributed by atoms with van der Waals surface area (Å²) in [6.07, 6.45) is 0.839. The Bertz CT molecular complexity index is 731. The summed E-state index contributed by atoms with van der Waals surface area (Å²) in [5.74, 6) is 1.49. The molecule has 0 N–H and O–H groups in total. The quantitative estimate of drug-likeness (QED) is 0.842. The van der Waals surface area contributed by atoms with Crippen LogP contribution in [0.1, 0.15) is 11.1 Å². The van der Waals surface area contributed by atoms with Crippen LogP contribution in [-0.2, 0) is 13.0 Å². The first-order chi connectivity index (χ1) is 9.65. The minimum absolute atomic E-state index is 0.0103. The van der Waals surface area contributed by atoms with Crippen molar-refractivity contribution in [2.45, 2.75) is 19.9 Å². The van der Waals surface area contributed by atoms with Gasteiger partial charge in [0.2, 0.25) is 0 Å². The third-order valence-electron chi connectivity index (χ3n) is 3.91. The Balaban J connectivity index is 2.30. The Labute approximate surface area is 117 Å². The van der Waals surface area contributed by atoms with Gasteiger partial charge in [-0.1, -0.05) is 0 Å². The Hall–Kier alpha value is -2.23. The highest BCUT2D eigenvalue weighted by atomic mass is 16.5. The molecule has 0 saturated carbocycles. The van der Waals surface area contributed by atoms with Crippen LogP contribution in [0, 0.1) is 6.92 Å². The van der Waals surface area contributed by atoms with Crippen molar-refractivity contribution in [3.63, 3.8) is 0 Å². The summed E-state index contributed by atoms with van der Waals surface area (Å²) in [5, 5.41) is 0. The van der Waals surface area contributed by atoms with Crippen molar-refractivity contribution in [1.29, 1.82) is 0 Å². The molecular formula is C16H17NO3. The molecule has 1 aromatic heterocycles. The number of nitrogens with zero attached hydrogens (tertiary/aromatic N) is 1. The number of hydrogen-bond acceptors (Lipinski definition) is 3. The van der Waals surface area contributed by atoms with E-state index in [1.165, 1.54) is 5.56 Å². The topological polar surface area (TPSA) is 40.5 Å². The summed E-state index contributed by atoms with van der Waals surface area (Å²) in [5.41, 5.74) is 4.24. The van der Waals surface area contributed by atoms with Gasteiger partial charge < -0.3 is 14.0 Å². The number of rotatable bonds is 2. The van der Waals surface area contributed by atoms with E-state index in [0.29, 0.717) is 12.3 Å². The number of ether oxygens (including phenoxy) is 2. The van der Waals surface area contributed by atoms with Crippen LogP contribution in [0.4, 0.5) is 0 Å². The Kier molecular flexibility index (Phi) is 3.01.